The Morgan fingerprint density at radius 2 is 2.11 bits per heavy atom. The molecule has 4 heterocycles. The van der Waals surface area contributed by atoms with Crippen LogP contribution in [0.25, 0.3) is 0 Å². The maximum atomic E-state index is 13.1. The molecule has 3 aromatic heterocycles. The SMILES string of the molecule is Cc1cc(Cl)nc(Cl)c1C(=O)NCC[C@@H](C)N1CCC(N(Cc2ccsc2)C(=O)Nc2nc[nH]n2)CC1. The van der Waals surface area contributed by atoms with Gasteiger partial charge in [-0.1, -0.05) is 23.2 Å². The smallest absolute Gasteiger partial charge is 0.324 e. The third-order valence-electron chi connectivity index (χ3n) is 6.61. The fraction of sp³-hybridized carbons (Fsp3) is 0.458. The van der Waals surface area contributed by atoms with Crippen molar-refractivity contribution in [1.29, 1.82) is 0 Å². The molecule has 10 nitrogen and oxygen atoms in total. The summed E-state index contributed by atoms with van der Waals surface area (Å²) < 4.78 is 0. The average molecular weight is 566 g/mol. The number of rotatable bonds is 9. The summed E-state index contributed by atoms with van der Waals surface area (Å²) in [5, 5.41) is 16.8. The number of carbonyl (C=O) groups is 2. The highest BCUT2D eigenvalue weighted by atomic mass is 35.5. The van der Waals surface area contributed by atoms with Crippen LogP contribution in [0, 0.1) is 6.92 Å². The third kappa shape index (κ3) is 7.19. The lowest BCUT2D eigenvalue weighted by molar-refractivity contribution is 0.0919. The molecule has 4 rings (SSSR count). The molecule has 13 heteroatoms. The molecule has 0 radical (unpaired) electrons. The number of pyridine rings is 1. The Labute approximate surface area is 229 Å². The molecule has 1 saturated heterocycles. The van der Waals surface area contributed by atoms with Crippen molar-refractivity contribution in [2.45, 2.75) is 51.7 Å². The summed E-state index contributed by atoms with van der Waals surface area (Å²) in [6.45, 7) is 6.72. The van der Waals surface area contributed by atoms with Crippen LogP contribution in [0.2, 0.25) is 10.3 Å². The van der Waals surface area contributed by atoms with Gasteiger partial charge < -0.3 is 15.1 Å². The van der Waals surface area contributed by atoms with E-state index in [4.69, 9.17) is 23.2 Å². The van der Waals surface area contributed by atoms with Gasteiger partial charge in [0, 0.05) is 38.3 Å². The van der Waals surface area contributed by atoms with E-state index in [1.807, 2.05) is 16.3 Å². The van der Waals surface area contributed by atoms with Crippen LogP contribution in [0.3, 0.4) is 0 Å². The highest BCUT2D eigenvalue weighted by Crippen LogP contribution is 2.24. The van der Waals surface area contributed by atoms with Crippen LogP contribution in [0.4, 0.5) is 10.7 Å². The Kier molecular flexibility index (Phi) is 9.36. The number of nitrogens with one attached hydrogen (secondary N) is 3. The van der Waals surface area contributed by atoms with Gasteiger partial charge in [0.05, 0.1) is 5.56 Å². The van der Waals surface area contributed by atoms with Gasteiger partial charge in [-0.3, -0.25) is 15.2 Å². The number of carbonyl (C=O) groups excluding carboxylic acids is 2. The molecule has 3 aromatic rings. The van der Waals surface area contributed by atoms with Crippen LogP contribution >= 0.6 is 34.5 Å². The van der Waals surface area contributed by atoms with Gasteiger partial charge in [-0.2, -0.15) is 11.3 Å². The fourth-order valence-corrected chi connectivity index (χ4v) is 5.83. The predicted molar refractivity (Wildman–Crippen MR) is 145 cm³/mol. The Balaban J connectivity index is 1.28. The van der Waals surface area contributed by atoms with E-state index in [1.165, 1.54) is 6.33 Å². The number of halogens is 2. The molecule has 1 fully saturated rings. The van der Waals surface area contributed by atoms with Crippen LogP contribution in [-0.2, 0) is 6.54 Å². The number of hydrogen-bond acceptors (Lipinski definition) is 7. The molecule has 0 unspecified atom stereocenters. The summed E-state index contributed by atoms with van der Waals surface area (Å²) in [6.07, 6.45) is 3.93. The van der Waals surface area contributed by atoms with E-state index in [9.17, 15) is 9.59 Å². The van der Waals surface area contributed by atoms with Gasteiger partial charge in [0.25, 0.3) is 5.91 Å². The van der Waals surface area contributed by atoms with E-state index >= 15 is 0 Å². The van der Waals surface area contributed by atoms with Crippen molar-refractivity contribution in [3.63, 3.8) is 0 Å². The van der Waals surface area contributed by atoms with Crippen molar-refractivity contribution in [3.8, 4) is 0 Å². The van der Waals surface area contributed by atoms with Gasteiger partial charge in [0.2, 0.25) is 5.95 Å². The first kappa shape index (κ1) is 27.3. The first-order valence-electron chi connectivity index (χ1n) is 12.1. The van der Waals surface area contributed by atoms with Gasteiger partial charge >= 0.3 is 6.03 Å². The van der Waals surface area contributed by atoms with E-state index in [0.717, 1.165) is 37.9 Å². The number of anilines is 1. The van der Waals surface area contributed by atoms with Crippen molar-refractivity contribution in [3.05, 3.63) is 56.2 Å². The van der Waals surface area contributed by atoms with E-state index in [0.29, 0.717) is 24.2 Å². The molecule has 0 aliphatic carbocycles. The predicted octanol–water partition coefficient (Wildman–Crippen LogP) is 4.58. The lowest BCUT2D eigenvalue weighted by Crippen LogP contribution is -2.50. The Morgan fingerprint density at radius 3 is 2.76 bits per heavy atom. The van der Waals surface area contributed by atoms with Gasteiger partial charge in [0.1, 0.15) is 16.6 Å². The minimum absolute atomic E-state index is 0.101. The Morgan fingerprint density at radius 1 is 1.32 bits per heavy atom. The Bertz CT molecular complexity index is 1160. The number of aryl methyl sites for hydroxylation is 1. The molecule has 0 aromatic carbocycles. The highest BCUT2D eigenvalue weighted by Gasteiger charge is 2.30. The molecule has 1 aliphatic heterocycles. The number of aromatic nitrogens is 4. The second kappa shape index (κ2) is 12.7. The average Bonchev–Trinajstić information content (AvgIpc) is 3.56. The van der Waals surface area contributed by atoms with Gasteiger partial charge in [-0.25, -0.2) is 14.8 Å². The molecule has 0 saturated carbocycles. The number of likely N-dealkylation sites (tertiary alicyclic amines) is 1. The summed E-state index contributed by atoms with van der Waals surface area (Å²) in [5.74, 6) is 0.0124. The number of thiophene rings is 1. The molecule has 198 valence electrons. The van der Waals surface area contributed by atoms with Crippen LogP contribution in [-0.4, -0.2) is 73.6 Å². The topological polar surface area (TPSA) is 119 Å². The molecule has 1 atom stereocenters. The van der Waals surface area contributed by atoms with Gasteiger partial charge in [-0.05, 0) is 67.1 Å². The van der Waals surface area contributed by atoms with Crippen LogP contribution in [0.15, 0.2) is 29.2 Å². The number of aromatic amines is 1. The van der Waals surface area contributed by atoms with Crippen molar-refractivity contribution < 1.29 is 9.59 Å². The zero-order valence-corrected chi connectivity index (χ0v) is 23.0. The summed E-state index contributed by atoms with van der Waals surface area (Å²) in [6, 6.07) is 3.84. The molecular formula is C24H30Cl2N8O2S. The zero-order chi connectivity index (χ0) is 26.4. The Hall–Kier alpha value is -2.73. The first-order chi connectivity index (χ1) is 17.8. The van der Waals surface area contributed by atoms with Gasteiger partial charge in [0.15, 0.2) is 0 Å². The molecule has 0 bridgehead atoms. The quantitative estimate of drug-likeness (QED) is 0.327. The standard InChI is InChI=1S/C24H30Cl2N8O2S/c1-15-11-19(25)30-21(26)20(15)22(35)27-7-3-16(2)33-8-4-18(5-9-33)34(12-17-6-10-37-13-17)24(36)31-23-28-14-29-32-23/h6,10-11,13-14,16,18H,3-5,7-9,12H2,1-2H3,(H,27,35)(H2,28,29,31,32,36)/t16-/m1/s1. The van der Waals surface area contributed by atoms with E-state index in [-0.39, 0.29) is 40.3 Å². The number of urea groups is 1. The number of hydrogen-bond donors (Lipinski definition) is 3. The molecule has 3 N–H and O–H groups in total. The van der Waals surface area contributed by atoms with Crippen LogP contribution < -0.4 is 10.6 Å². The molecule has 1 aliphatic rings. The van der Waals surface area contributed by atoms with Crippen molar-refractivity contribution in [2.75, 3.05) is 25.0 Å². The van der Waals surface area contributed by atoms with Crippen LogP contribution in [0.1, 0.15) is 47.7 Å². The second-order valence-electron chi connectivity index (χ2n) is 9.10. The summed E-state index contributed by atoms with van der Waals surface area (Å²) >= 11 is 13.7. The maximum absolute atomic E-state index is 13.1. The molecule has 3 amide bonds. The van der Waals surface area contributed by atoms with E-state index < -0.39 is 0 Å². The third-order valence-corrected chi connectivity index (χ3v) is 7.81. The molecule has 0 spiro atoms. The highest BCUT2D eigenvalue weighted by molar-refractivity contribution is 7.07. The van der Waals surface area contributed by atoms with E-state index in [1.54, 1.807) is 24.3 Å². The number of H-pyrrole nitrogens is 1. The largest absolute Gasteiger partial charge is 0.352 e. The van der Waals surface area contributed by atoms with Crippen molar-refractivity contribution in [1.82, 2.24) is 35.3 Å². The number of piperidine rings is 1. The number of amides is 3. The lowest BCUT2D eigenvalue weighted by atomic mass is 10.0. The van der Waals surface area contributed by atoms with E-state index in [2.05, 4.69) is 48.0 Å². The summed E-state index contributed by atoms with van der Waals surface area (Å²) in [5.41, 5.74) is 2.15. The van der Waals surface area contributed by atoms with Gasteiger partial charge in [-0.15, -0.1) is 5.10 Å². The normalized spacial score (nSPS) is 15.4. The van der Waals surface area contributed by atoms with Crippen LogP contribution in [0.5, 0.6) is 0 Å². The maximum Gasteiger partial charge on any atom is 0.324 e. The fourth-order valence-electron chi connectivity index (χ4n) is 4.55. The summed E-state index contributed by atoms with van der Waals surface area (Å²) in [7, 11) is 0. The van der Waals surface area contributed by atoms with Crippen molar-refractivity contribution in [2.24, 2.45) is 0 Å². The van der Waals surface area contributed by atoms with Crippen molar-refractivity contribution >= 4 is 52.4 Å². The first-order valence-corrected chi connectivity index (χ1v) is 13.8. The zero-order valence-electron chi connectivity index (χ0n) is 20.7. The minimum atomic E-state index is -0.251. The molecular weight excluding hydrogens is 535 g/mol. The summed E-state index contributed by atoms with van der Waals surface area (Å²) in [4.78, 5) is 38.0. The number of nitrogens with zero attached hydrogens (tertiary/aromatic N) is 5. The lowest BCUT2D eigenvalue weighted by Gasteiger charge is -2.40. The molecule has 37 heavy (non-hydrogen) atoms. The minimum Gasteiger partial charge on any atom is -0.352 e. The second-order valence-corrected chi connectivity index (χ2v) is 10.6. The monoisotopic (exact) mass is 564 g/mol.